The molecule has 0 radical (unpaired) electrons. The Balaban J connectivity index is 1.47. The van der Waals surface area contributed by atoms with Crippen LogP contribution in [0.1, 0.15) is 45.9 Å². The van der Waals surface area contributed by atoms with Gasteiger partial charge in [0.2, 0.25) is 5.91 Å². The number of benzene rings is 1. The molecular weight excluding hydrogens is 804 g/mol. The van der Waals surface area contributed by atoms with E-state index in [0.717, 1.165) is 40.3 Å². The van der Waals surface area contributed by atoms with Crippen LogP contribution in [0.2, 0.25) is 5.15 Å². The van der Waals surface area contributed by atoms with E-state index in [1.165, 1.54) is 22.4 Å². The van der Waals surface area contributed by atoms with Gasteiger partial charge in [0.25, 0.3) is 5.91 Å². The molecule has 0 bridgehead atoms. The van der Waals surface area contributed by atoms with Crippen LogP contribution in [0.5, 0.6) is 0 Å². The summed E-state index contributed by atoms with van der Waals surface area (Å²) in [6.07, 6.45) is -8.85. The highest BCUT2D eigenvalue weighted by Gasteiger charge is 2.34. The summed E-state index contributed by atoms with van der Waals surface area (Å²) in [6, 6.07) is 7.95. The van der Waals surface area contributed by atoms with Crippen LogP contribution in [0.3, 0.4) is 0 Å². The minimum atomic E-state index is -1.92. The van der Waals surface area contributed by atoms with Crippen LogP contribution in [0.4, 0.5) is 0 Å². The summed E-state index contributed by atoms with van der Waals surface area (Å²) in [6.45, 7) is -2.35. The number of thiazole rings is 1. The maximum Gasteiger partial charge on any atom is 0.269 e. The van der Waals surface area contributed by atoms with Gasteiger partial charge >= 0.3 is 0 Å². The zero-order chi connectivity index (χ0) is 42.9. The molecule has 58 heavy (non-hydrogen) atoms. The van der Waals surface area contributed by atoms with Crippen molar-refractivity contribution in [2.24, 2.45) is 16.5 Å². The molecule has 3 rings (SSSR count). The summed E-state index contributed by atoms with van der Waals surface area (Å²) >= 11 is 7.23. The molecule has 0 saturated heterocycles. The number of hydrogen-bond donors (Lipinski definition) is 13. The van der Waals surface area contributed by atoms with Crippen molar-refractivity contribution in [2.75, 3.05) is 45.9 Å². The molecule has 8 atom stereocenters. The number of aliphatic hydroxyl groups is 10. The summed E-state index contributed by atoms with van der Waals surface area (Å²) in [5.74, 6) is -1.09. The van der Waals surface area contributed by atoms with Crippen molar-refractivity contribution in [3.63, 3.8) is 0 Å². The number of aromatic nitrogens is 3. The van der Waals surface area contributed by atoms with Gasteiger partial charge in [0.05, 0.1) is 31.6 Å². The SMILES string of the molecule is NC(=O)c1nc(Cl)cnc1C(N)=NCCCCc1ccc(-c2ncc(CCC(=O)NCCN(C[C@H](O)[C@@H](O)[C@H](O)[C@H](O)CO)C[C@H](O)[C@@H](O)[C@H](O)[C@H](O)CO)s2)cc1. The Labute approximate surface area is 343 Å². The number of nitrogens with two attached hydrogens (primary N) is 2. The van der Waals surface area contributed by atoms with Crippen molar-refractivity contribution in [1.29, 1.82) is 0 Å². The van der Waals surface area contributed by atoms with E-state index in [2.05, 4.69) is 25.3 Å². The van der Waals surface area contributed by atoms with Gasteiger partial charge in [-0.1, -0.05) is 35.9 Å². The lowest BCUT2D eigenvalue weighted by Crippen LogP contribution is -2.54. The van der Waals surface area contributed by atoms with Crippen molar-refractivity contribution < 1.29 is 60.7 Å². The number of hydrogen-bond acceptors (Lipinski definition) is 18. The molecule has 0 aliphatic rings. The molecule has 2 aromatic heterocycles. The van der Waals surface area contributed by atoms with Crippen LogP contribution >= 0.6 is 22.9 Å². The van der Waals surface area contributed by atoms with E-state index >= 15 is 0 Å². The molecule has 0 fully saturated rings. The van der Waals surface area contributed by atoms with E-state index in [1.807, 2.05) is 24.3 Å². The minimum absolute atomic E-state index is 0.0160. The van der Waals surface area contributed by atoms with Gasteiger partial charge in [-0.05, 0) is 31.2 Å². The molecule has 0 unspecified atom stereocenters. The van der Waals surface area contributed by atoms with E-state index in [0.29, 0.717) is 13.0 Å². The van der Waals surface area contributed by atoms with E-state index in [1.54, 1.807) is 6.20 Å². The number of halogens is 1. The second-order valence-electron chi connectivity index (χ2n) is 13.5. The molecule has 0 saturated carbocycles. The van der Waals surface area contributed by atoms with Crippen LogP contribution in [0.25, 0.3) is 10.6 Å². The zero-order valence-electron chi connectivity index (χ0n) is 31.5. The molecule has 2 amide bonds. The first-order valence-corrected chi connectivity index (χ1v) is 19.6. The lowest BCUT2D eigenvalue weighted by Gasteiger charge is -2.33. The highest BCUT2D eigenvalue weighted by Crippen LogP contribution is 2.26. The Morgan fingerprint density at radius 2 is 1.38 bits per heavy atom. The van der Waals surface area contributed by atoms with Gasteiger partial charge in [-0.25, -0.2) is 15.0 Å². The third-order valence-electron chi connectivity index (χ3n) is 9.02. The summed E-state index contributed by atoms with van der Waals surface area (Å²) in [5.41, 5.74) is 13.3. The summed E-state index contributed by atoms with van der Waals surface area (Å²) in [5, 5.41) is 102. The highest BCUT2D eigenvalue weighted by molar-refractivity contribution is 7.15. The standard InChI is InChI=1S/C36H53ClN8O12S/c37-26-14-42-28(29(44-26)35(39)57)34(38)41-10-2-1-3-19-4-6-20(7-5-19)36-43-13-21(58-36)8-9-27(52)40-11-12-45(15-22(48)30(53)32(55)24(50)17-46)16-23(49)31(54)33(56)25(51)18-47/h4-7,13-14,22-25,30-33,46-51,53-56H,1-3,8-12,15-18H2,(H2,38,41)(H2,39,57)(H,40,52)/t22-,23-,24+,25+,30+,31+,32+,33+/m0/s1. The molecule has 15 N–H and O–H groups in total. The molecule has 0 aliphatic carbocycles. The number of amidine groups is 1. The molecule has 2 heterocycles. The lowest BCUT2D eigenvalue weighted by atomic mass is 10.0. The molecule has 322 valence electrons. The summed E-state index contributed by atoms with van der Waals surface area (Å²) in [7, 11) is 0. The average Bonchev–Trinajstić information content (AvgIpc) is 3.70. The number of aliphatic hydroxyl groups excluding tert-OH is 10. The Bertz CT molecular complexity index is 1730. The third-order valence-corrected chi connectivity index (χ3v) is 10.3. The van der Waals surface area contributed by atoms with Gasteiger partial charge < -0.3 is 67.8 Å². The molecule has 22 heteroatoms. The van der Waals surface area contributed by atoms with E-state index < -0.39 is 81.0 Å². The van der Waals surface area contributed by atoms with Crippen molar-refractivity contribution >= 4 is 40.6 Å². The Morgan fingerprint density at radius 1 is 0.793 bits per heavy atom. The number of amides is 2. The van der Waals surface area contributed by atoms with E-state index in [-0.39, 0.29) is 47.8 Å². The second kappa shape index (κ2) is 24.3. The number of carbonyl (C=O) groups is 2. The largest absolute Gasteiger partial charge is 0.394 e. The predicted molar refractivity (Wildman–Crippen MR) is 212 cm³/mol. The maximum absolute atomic E-state index is 12.7. The number of rotatable bonds is 26. The van der Waals surface area contributed by atoms with E-state index in [4.69, 9.17) is 33.3 Å². The number of nitrogens with one attached hydrogen (secondary N) is 1. The highest BCUT2D eigenvalue weighted by atomic mass is 35.5. The van der Waals surface area contributed by atoms with Crippen LogP contribution < -0.4 is 16.8 Å². The fourth-order valence-electron chi connectivity index (χ4n) is 5.62. The molecular formula is C36H53ClN8O12S. The molecule has 0 spiro atoms. The first kappa shape index (κ1) is 48.6. The van der Waals surface area contributed by atoms with Gasteiger partial charge in [0.15, 0.2) is 5.69 Å². The number of aryl methyl sites for hydroxylation is 2. The molecule has 1 aromatic carbocycles. The number of unbranched alkanes of at least 4 members (excludes halogenated alkanes) is 1. The van der Waals surface area contributed by atoms with Gasteiger partial charge in [0, 0.05) is 55.8 Å². The van der Waals surface area contributed by atoms with Gasteiger partial charge in [-0.15, -0.1) is 11.3 Å². The van der Waals surface area contributed by atoms with Crippen LogP contribution in [0.15, 0.2) is 41.7 Å². The Kier molecular flexibility index (Phi) is 20.4. The quantitative estimate of drug-likeness (QED) is 0.0210. The van der Waals surface area contributed by atoms with E-state index in [9.17, 15) is 50.4 Å². The van der Waals surface area contributed by atoms with Crippen molar-refractivity contribution in [2.45, 2.75) is 80.9 Å². The van der Waals surface area contributed by atoms with Crippen molar-refractivity contribution in [3.05, 3.63) is 63.6 Å². The maximum atomic E-state index is 12.7. The van der Waals surface area contributed by atoms with Crippen LogP contribution in [0, 0.1) is 0 Å². The average molecular weight is 857 g/mol. The van der Waals surface area contributed by atoms with Crippen LogP contribution in [-0.2, 0) is 17.6 Å². The van der Waals surface area contributed by atoms with Crippen molar-refractivity contribution in [3.8, 4) is 10.6 Å². The first-order valence-electron chi connectivity index (χ1n) is 18.4. The smallest absolute Gasteiger partial charge is 0.269 e. The van der Waals surface area contributed by atoms with Gasteiger partial charge in [-0.2, -0.15) is 0 Å². The topological polar surface area (TPSA) is 355 Å². The fourth-order valence-corrected chi connectivity index (χ4v) is 6.67. The molecule has 20 nitrogen and oxygen atoms in total. The Morgan fingerprint density at radius 3 is 1.95 bits per heavy atom. The van der Waals surface area contributed by atoms with Gasteiger partial charge in [0.1, 0.15) is 58.3 Å². The summed E-state index contributed by atoms with van der Waals surface area (Å²) < 4.78 is 0. The fraction of sp³-hybridized carbons (Fsp3) is 0.556. The van der Waals surface area contributed by atoms with Crippen LogP contribution in [-0.4, -0.2) is 183 Å². The summed E-state index contributed by atoms with van der Waals surface area (Å²) in [4.78, 5) is 43.2. The normalized spacial score (nSPS) is 16.3. The van der Waals surface area contributed by atoms with Gasteiger partial charge in [-0.3, -0.25) is 19.5 Å². The lowest BCUT2D eigenvalue weighted by molar-refractivity contribution is -0.130. The molecule has 3 aromatic rings. The monoisotopic (exact) mass is 856 g/mol. The second-order valence-corrected chi connectivity index (χ2v) is 15.0. The predicted octanol–water partition coefficient (Wildman–Crippen LogP) is -3.70. The zero-order valence-corrected chi connectivity index (χ0v) is 33.1. The number of primary amides is 1. The first-order chi connectivity index (χ1) is 27.6. The number of nitrogens with zero attached hydrogens (tertiary/aromatic N) is 5. The number of aliphatic imine (C=N–C) groups is 1. The minimum Gasteiger partial charge on any atom is -0.394 e. The number of carbonyl (C=O) groups excluding carboxylic acids is 2. The Hall–Kier alpha value is -3.81. The molecule has 0 aliphatic heterocycles. The third kappa shape index (κ3) is 15.1. The van der Waals surface area contributed by atoms with Crippen molar-refractivity contribution in [1.82, 2.24) is 25.2 Å².